The number of Topliss-reactive ketones (excluding diaryl/α,β-unsaturated/α-hetero) is 1. The Morgan fingerprint density at radius 2 is 1.75 bits per heavy atom. The molecule has 0 spiro atoms. The first-order chi connectivity index (χ1) is 13.5. The van der Waals surface area contributed by atoms with Gasteiger partial charge in [-0.2, -0.15) is 0 Å². The lowest BCUT2D eigenvalue weighted by Crippen LogP contribution is -2.28. The van der Waals surface area contributed by atoms with Crippen molar-refractivity contribution >= 4 is 28.4 Å². The zero-order valence-corrected chi connectivity index (χ0v) is 15.3. The van der Waals surface area contributed by atoms with Gasteiger partial charge in [0.2, 0.25) is 5.91 Å². The van der Waals surface area contributed by atoms with Gasteiger partial charge in [0.1, 0.15) is 5.76 Å². The number of hydrogen-bond donors (Lipinski definition) is 1. The molecule has 1 aliphatic carbocycles. The van der Waals surface area contributed by atoms with Gasteiger partial charge >= 0.3 is 0 Å². The van der Waals surface area contributed by atoms with Gasteiger partial charge in [0.25, 0.3) is 5.56 Å². The minimum atomic E-state index is -0.622. The number of hydrogen-bond acceptors (Lipinski definition) is 4. The molecular weight excluding hydrogens is 356 g/mol. The van der Waals surface area contributed by atoms with Gasteiger partial charge in [-0.1, -0.05) is 48.5 Å². The quantitative estimate of drug-likeness (QED) is 0.694. The van der Waals surface area contributed by atoms with Gasteiger partial charge in [0.15, 0.2) is 5.78 Å². The van der Waals surface area contributed by atoms with Gasteiger partial charge < -0.3 is 10.5 Å². The highest BCUT2D eigenvalue weighted by Gasteiger charge is 2.32. The molecule has 0 fully saturated rings. The van der Waals surface area contributed by atoms with E-state index in [2.05, 4.69) is 0 Å². The number of benzene rings is 2. The van der Waals surface area contributed by atoms with Gasteiger partial charge in [-0.15, -0.1) is 0 Å². The van der Waals surface area contributed by atoms with Crippen molar-refractivity contribution < 1.29 is 14.3 Å². The van der Waals surface area contributed by atoms with Crippen LogP contribution in [-0.4, -0.2) is 23.4 Å². The van der Waals surface area contributed by atoms with E-state index < -0.39 is 5.91 Å². The third-order valence-electron chi connectivity index (χ3n) is 5.03. The van der Waals surface area contributed by atoms with E-state index in [-0.39, 0.29) is 35.6 Å². The SMILES string of the molecule is COC1=C(C(N)=O)Cc2c1c(=O)n(CC(=O)c1ccccc1)c1ccccc21. The maximum Gasteiger partial charge on any atom is 0.262 e. The molecule has 6 nitrogen and oxygen atoms in total. The fourth-order valence-corrected chi connectivity index (χ4v) is 3.74. The van der Waals surface area contributed by atoms with Crippen LogP contribution in [0.15, 0.2) is 65.0 Å². The zero-order chi connectivity index (χ0) is 19.8. The molecule has 1 aromatic heterocycles. The summed E-state index contributed by atoms with van der Waals surface area (Å²) in [6.45, 7) is -0.112. The average Bonchev–Trinajstić information content (AvgIpc) is 3.12. The van der Waals surface area contributed by atoms with Crippen molar-refractivity contribution in [2.24, 2.45) is 5.73 Å². The molecule has 0 unspecified atom stereocenters. The Labute approximate surface area is 160 Å². The van der Waals surface area contributed by atoms with Crippen LogP contribution < -0.4 is 11.3 Å². The van der Waals surface area contributed by atoms with Crippen LogP contribution in [0.25, 0.3) is 16.7 Å². The second kappa shape index (κ2) is 6.81. The summed E-state index contributed by atoms with van der Waals surface area (Å²) < 4.78 is 6.80. The lowest BCUT2D eigenvalue weighted by Gasteiger charge is -2.14. The fourth-order valence-electron chi connectivity index (χ4n) is 3.74. The lowest BCUT2D eigenvalue weighted by molar-refractivity contribution is -0.114. The third-order valence-corrected chi connectivity index (χ3v) is 5.03. The van der Waals surface area contributed by atoms with E-state index in [1.54, 1.807) is 30.3 Å². The summed E-state index contributed by atoms with van der Waals surface area (Å²) in [5, 5.41) is 0.795. The maximum atomic E-state index is 13.3. The number of carbonyl (C=O) groups is 2. The molecule has 2 aromatic carbocycles. The molecule has 28 heavy (non-hydrogen) atoms. The molecule has 1 heterocycles. The Morgan fingerprint density at radius 3 is 2.43 bits per heavy atom. The summed E-state index contributed by atoms with van der Waals surface area (Å²) >= 11 is 0. The summed E-state index contributed by atoms with van der Waals surface area (Å²) in [5.74, 6) is -0.605. The molecule has 4 rings (SSSR count). The Bertz CT molecular complexity index is 1210. The van der Waals surface area contributed by atoms with Crippen LogP contribution in [0.3, 0.4) is 0 Å². The van der Waals surface area contributed by atoms with Crippen molar-refractivity contribution in [2.75, 3.05) is 7.11 Å². The molecule has 6 heteroatoms. The normalized spacial score (nSPS) is 12.9. The number of nitrogens with zero attached hydrogens (tertiary/aromatic N) is 1. The molecular formula is C22H18N2O4. The molecule has 3 aromatic rings. The number of rotatable bonds is 5. The van der Waals surface area contributed by atoms with Crippen molar-refractivity contribution in [3.8, 4) is 0 Å². The number of ketones is 1. The van der Waals surface area contributed by atoms with Crippen LogP contribution in [-0.2, 0) is 22.5 Å². The molecule has 1 amide bonds. The molecule has 0 saturated carbocycles. The van der Waals surface area contributed by atoms with Crippen molar-refractivity contribution in [2.45, 2.75) is 13.0 Å². The molecule has 140 valence electrons. The molecule has 0 radical (unpaired) electrons. The van der Waals surface area contributed by atoms with Crippen molar-refractivity contribution in [3.05, 3.63) is 87.2 Å². The van der Waals surface area contributed by atoms with Gasteiger partial charge in [-0.25, -0.2) is 0 Å². The van der Waals surface area contributed by atoms with Gasteiger partial charge in [-0.05, 0) is 11.6 Å². The lowest BCUT2D eigenvalue weighted by atomic mass is 10.0. The largest absolute Gasteiger partial charge is 0.495 e. The number of methoxy groups -OCH3 is 1. The predicted molar refractivity (Wildman–Crippen MR) is 106 cm³/mol. The number of carbonyl (C=O) groups excluding carboxylic acids is 2. The summed E-state index contributed by atoms with van der Waals surface area (Å²) in [5.41, 5.74) is 7.56. The number of aromatic nitrogens is 1. The molecule has 0 bridgehead atoms. The standard InChI is InChI=1S/C22H18N2O4/c1-28-20-16(21(23)26)11-15-14-9-5-6-10-17(14)24(22(27)19(15)20)12-18(25)13-7-3-2-4-8-13/h2-10H,11-12H2,1H3,(H2,23,26). The Kier molecular flexibility index (Phi) is 4.31. The van der Waals surface area contributed by atoms with Crippen molar-refractivity contribution in [1.29, 1.82) is 0 Å². The number of ether oxygens (including phenoxy) is 1. The number of pyridine rings is 1. The minimum absolute atomic E-state index is 0.112. The predicted octanol–water partition coefficient (Wildman–Crippen LogP) is 2.28. The highest BCUT2D eigenvalue weighted by Crippen LogP contribution is 2.35. The summed E-state index contributed by atoms with van der Waals surface area (Å²) in [6, 6.07) is 16.1. The summed E-state index contributed by atoms with van der Waals surface area (Å²) in [6.07, 6.45) is 0.233. The van der Waals surface area contributed by atoms with Crippen LogP contribution in [0.1, 0.15) is 21.5 Å². The van der Waals surface area contributed by atoms with E-state index in [4.69, 9.17) is 10.5 Å². The fraction of sp³-hybridized carbons (Fsp3) is 0.136. The highest BCUT2D eigenvalue weighted by molar-refractivity contribution is 6.04. The van der Waals surface area contributed by atoms with E-state index >= 15 is 0 Å². The Morgan fingerprint density at radius 1 is 1.07 bits per heavy atom. The Balaban J connectivity index is 1.95. The van der Waals surface area contributed by atoms with E-state index in [1.165, 1.54) is 11.7 Å². The topological polar surface area (TPSA) is 91.4 Å². The molecule has 2 N–H and O–H groups in total. The van der Waals surface area contributed by atoms with Crippen LogP contribution in [0.2, 0.25) is 0 Å². The first-order valence-corrected chi connectivity index (χ1v) is 8.83. The van der Waals surface area contributed by atoms with Gasteiger partial charge in [0.05, 0.1) is 30.3 Å². The van der Waals surface area contributed by atoms with Crippen LogP contribution >= 0.6 is 0 Å². The van der Waals surface area contributed by atoms with E-state index in [0.717, 1.165) is 5.39 Å². The van der Waals surface area contributed by atoms with Crippen LogP contribution in [0, 0.1) is 0 Å². The van der Waals surface area contributed by atoms with Crippen molar-refractivity contribution in [1.82, 2.24) is 4.57 Å². The number of para-hydroxylation sites is 1. The van der Waals surface area contributed by atoms with Crippen molar-refractivity contribution in [3.63, 3.8) is 0 Å². The zero-order valence-electron chi connectivity index (χ0n) is 15.3. The monoisotopic (exact) mass is 374 g/mol. The number of primary amides is 1. The molecule has 0 atom stereocenters. The van der Waals surface area contributed by atoms with Crippen LogP contribution in [0.5, 0.6) is 0 Å². The van der Waals surface area contributed by atoms with E-state index in [9.17, 15) is 14.4 Å². The second-order valence-corrected chi connectivity index (χ2v) is 6.60. The highest BCUT2D eigenvalue weighted by atomic mass is 16.5. The summed E-state index contributed by atoms with van der Waals surface area (Å²) in [7, 11) is 1.40. The van der Waals surface area contributed by atoms with Crippen LogP contribution in [0.4, 0.5) is 0 Å². The summed E-state index contributed by atoms with van der Waals surface area (Å²) in [4.78, 5) is 37.9. The molecule has 0 saturated heterocycles. The first kappa shape index (κ1) is 17.7. The number of fused-ring (bicyclic) bond motifs is 3. The smallest absolute Gasteiger partial charge is 0.262 e. The van der Waals surface area contributed by atoms with Gasteiger partial charge in [0, 0.05) is 17.4 Å². The second-order valence-electron chi connectivity index (χ2n) is 6.60. The molecule has 0 aliphatic heterocycles. The first-order valence-electron chi connectivity index (χ1n) is 8.83. The third kappa shape index (κ3) is 2.70. The maximum absolute atomic E-state index is 13.3. The average molecular weight is 374 g/mol. The Hall–Kier alpha value is -3.67. The minimum Gasteiger partial charge on any atom is -0.495 e. The number of nitrogens with two attached hydrogens (primary N) is 1. The van der Waals surface area contributed by atoms with Gasteiger partial charge in [-0.3, -0.25) is 19.0 Å². The van der Waals surface area contributed by atoms with E-state index in [0.29, 0.717) is 22.2 Å². The number of amides is 1. The van der Waals surface area contributed by atoms with E-state index in [1.807, 2.05) is 24.3 Å². The molecule has 1 aliphatic rings.